The normalized spacial score (nSPS) is 28.8. The number of aliphatic hydroxyl groups is 2. The third kappa shape index (κ3) is 3.46. The number of aromatic nitrogens is 5. The molecule has 0 bridgehead atoms. The highest BCUT2D eigenvalue weighted by molar-refractivity contribution is 7.51. The zero-order valence-corrected chi connectivity index (χ0v) is 13.5. The highest BCUT2D eigenvalue weighted by Crippen LogP contribution is 2.44. The van der Waals surface area contributed by atoms with Crippen LogP contribution in [0.3, 0.4) is 0 Å². The standard InChI is InChI=1S/C11H15N6O7P/c12-9(20)10-14-5-17(15-10)11-8(19)7(18)6(24-11)3-23-25(21,22)16-2-1-13-4-16/h1-2,4-8,11,18-19H,3H2,(H2,12,20)(H,21,22)/t6-,7-,8-,11-/m1/s1. The molecule has 14 heteroatoms. The lowest BCUT2D eigenvalue weighted by Crippen LogP contribution is -2.33. The Balaban J connectivity index is 1.67. The molecule has 1 fully saturated rings. The summed E-state index contributed by atoms with van der Waals surface area (Å²) >= 11 is 0. The Hall–Kier alpha value is -2.15. The number of aliphatic hydroxyl groups excluding tert-OH is 2. The quantitative estimate of drug-likeness (QED) is 0.406. The Morgan fingerprint density at radius 1 is 1.40 bits per heavy atom. The maximum Gasteiger partial charge on any atom is 0.437 e. The van der Waals surface area contributed by atoms with Gasteiger partial charge in [0.2, 0.25) is 5.82 Å². The number of nitrogens with zero attached hydrogens (tertiary/aromatic N) is 5. The first-order valence-electron chi connectivity index (χ1n) is 6.98. The monoisotopic (exact) mass is 374 g/mol. The topological polar surface area (TPSA) is 188 Å². The number of imidazole rings is 1. The van der Waals surface area contributed by atoms with Crippen molar-refractivity contribution in [3.63, 3.8) is 0 Å². The second kappa shape index (κ2) is 6.63. The summed E-state index contributed by atoms with van der Waals surface area (Å²) in [6, 6.07) is 0. The van der Waals surface area contributed by atoms with E-state index < -0.39 is 44.8 Å². The van der Waals surface area contributed by atoms with Crippen LogP contribution < -0.4 is 5.73 Å². The van der Waals surface area contributed by atoms with E-state index in [1.54, 1.807) is 0 Å². The number of primary amides is 1. The van der Waals surface area contributed by atoms with Gasteiger partial charge in [0, 0.05) is 12.4 Å². The predicted octanol–water partition coefficient (Wildman–Crippen LogP) is -2.14. The lowest BCUT2D eigenvalue weighted by molar-refractivity contribution is -0.0567. The first-order valence-corrected chi connectivity index (χ1v) is 8.51. The van der Waals surface area contributed by atoms with Crippen LogP contribution in [0.1, 0.15) is 16.8 Å². The zero-order valence-electron chi connectivity index (χ0n) is 12.6. The SMILES string of the molecule is NC(=O)c1ncn([C@@H]2O[C@H](COP(=O)(O)n3ccnc3)[C@@H](O)[C@H]2O)n1. The maximum absolute atomic E-state index is 12.0. The molecule has 2 aromatic rings. The summed E-state index contributed by atoms with van der Waals surface area (Å²) in [5.74, 6) is -1.15. The van der Waals surface area contributed by atoms with Crippen molar-refractivity contribution < 1.29 is 33.7 Å². The molecule has 0 spiro atoms. The molecule has 13 nitrogen and oxygen atoms in total. The molecule has 25 heavy (non-hydrogen) atoms. The Morgan fingerprint density at radius 2 is 2.16 bits per heavy atom. The van der Waals surface area contributed by atoms with Crippen LogP contribution in [-0.4, -0.2) is 70.0 Å². The molecule has 1 aliphatic rings. The Morgan fingerprint density at radius 3 is 2.76 bits per heavy atom. The van der Waals surface area contributed by atoms with Crippen molar-refractivity contribution in [3.8, 4) is 0 Å². The molecule has 1 aliphatic heterocycles. The van der Waals surface area contributed by atoms with E-state index in [0.29, 0.717) is 0 Å². The van der Waals surface area contributed by atoms with E-state index in [4.69, 9.17) is 15.0 Å². The fourth-order valence-corrected chi connectivity index (χ4v) is 3.13. The maximum atomic E-state index is 12.0. The fraction of sp³-hybridized carbons (Fsp3) is 0.455. The molecule has 2 aromatic heterocycles. The number of ether oxygens (including phenoxy) is 1. The van der Waals surface area contributed by atoms with Crippen LogP contribution in [0.5, 0.6) is 0 Å². The minimum absolute atomic E-state index is 0.287. The van der Waals surface area contributed by atoms with E-state index in [9.17, 15) is 24.5 Å². The lowest BCUT2D eigenvalue weighted by Gasteiger charge is -2.17. The van der Waals surface area contributed by atoms with Crippen molar-refractivity contribution in [2.45, 2.75) is 24.5 Å². The summed E-state index contributed by atoms with van der Waals surface area (Å²) in [4.78, 5) is 28.1. The van der Waals surface area contributed by atoms with Crippen molar-refractivity contribution in [3.05, 3.63) is 30.9 Å². The molecule has 1 unspecified atom stereocenters. The largest absolute Gasteiger partial charge is 0.437 e. The van der Waals surface area contributed by atoms with Gasteiger partial charge in [0.05, 0.1) is 6.61 Å². The van der Waals surface area contributed by atoms with Crippen LogP contribution in [0.15, 0.2) is 25.0 Å². The molecule has 136 valence electrons. The van der Waals surface area contributed by atoms with Gasteiger partial charge < -0.3 is 25.6 Å². The molecule has 0 saturated carbocycles. The summed E-state index contributed by atoms with van der Waals surface area (Å²) in [6.45, 7) is -0.488. The van der Waals surface area contributed by atoms with Gasteiger partial charge in [-0.15, -0.1) is 5.10 Å². The van der Waals surface area contributed by atoms with Crippen LogP contribution >= 0.6 is 7.75 Å². The molecule has 5 N–H and O–H groups in total. The van der Waals surface area contributed by atoms with Crippen molar-refractivity contribution in [2.24, 2.45) is 5.73 Å². The second-order valence-electron chi connectivity index (χ2n) is 5.19. The van der Waals surface area contributed by atoms with Crippen molar-refractivity contribution in [1.29, 1.82) is 0 Å². The van der Waals surface area contributed by atoms with Gasteiger partial charge in [-0.2, -0.15) is 0 Å². The van der Waals surface area contributed by atoms with Gasteiger partial charge in [0.1, 0.15) is 31.0 Å². The summed E-state index contributed by atoms with van der Waals surface area (Å²) < 4.78 is 24.2. The number of rotatable bonds is 6. The van der Waals surface area contributed by atoms with Crippen molar-refractivity contribution >= 4 is 13.7 Å². The van der Waals surface area contributed by atoms with Gasteiger partial charge in [-0.05, 0) is 0 Å². The number of carbonyl (C=O) groups excluding carboxylic acids is 1. The van der Waals surface area contributed by atoms with E-state index >= 15 is 0 Å². The molecular formula is C11H15N6O7P. The molecule has 0 aliphatic carbocycles. The van der Waals surface area contributed by atoms with Crippen LogP contribution in [0, 0.1) is 0 Å². The molecule has 1 saturated heterocycles. The molecular weight excluding hydrogens is 359 g/mol. The van der Waals surface area contributed by atoms with Gasteiger partial charge >= 0.3 is 7.75 Å². The number of hydrogen-bond acceptors (Lipinski definition) is 9. The number of nitrogens with two attached hydrogens (primary N) is 1. The molecule has 5 atom stereocenters. The van der Waals surface area contributed by atoms with E-state index in [1.807, 2.05) is 0 Å². The average Bonchev–Trinajstić information content (AvgIpc) is 3.28. The number of amides is 1. The van der Waals surface area contributed by atoms with Gasteiger partial charge in [0.15, 0.2) is 6.23 Å². The van der Waals surface area contributed by atoms with Gasteiger partial charge in [-0.1, -0.05) is 0 Å². The Kier molecular flexibility index (Phi) is 4.69. The third-order valence-corrected chi connectivity index (χ3v) is 4.82. The summed E-state index contributed by atoms with van der Waals surface area (Å²) in [5, 5.41) is 23.8. The van der Waals surface area contributed by atoms with Crippen LogP contribution in [0.4, 0.5) is 0 Å². The van der Waals surface area contributed by atoms with Gasteiger partial charge in [-0.3, -0.25) is 9.32 Å². The lowest BCUT2D eigenvalue weighted by atomic mass is 10.1. The highest BCUT2D eigenvalue weighted by Gasteiger charge is 2.45. The smallest absolute Gasteiger partial charge is 0.387 e. The second-order valence-corrected chi connectivity index (χ2v) is 6.89. The number of hydrogen-bond donors (Lipinski definition) is 4. The van der Waals surface area contributed by atoms with Gasteiger partial charge in [-0.25, -0.2) is 23.6 Å². The van der Waals surface area contributed by atoms with E-state index in [2.05, 4.69) is 15.1 Å². The molecule has 1 amide bonds. The predicted molar refractivity (Wildman–Crippen MR) is 77.9 cm³/mol. The number of carbonyl (C=O) groups is 1. The van der Waals surface area contributed by atoms with Crippen molar-refractivity contribution in [2.75, 3.05) is 6.61 Å². The summed E-state index contributed by atoms with van der Waals surface area (Å²) in [7, 11) is -4.21. The molecule has 3 heterocycles. The Bertz CT molecular complexity index is 795. The zero-order chi connectivity index (χ0) is 18.2. The van der Waals surface area contributed by atoms with Crippen LogP contribution in [-0.2, 0) is 13.8 Å². The fourth-order valence-electron chi connectivity index (χ4n) is 2.23. The minimum atomic E-state index is -4.21. The molecule has 0 radical (unpaired) electrons. The molecule has 0 aromatic carbocycles. The summed E-state index contributed by atoms with van der Waals surface area (Å²) in [5.41, 5.74) is 5.04. The van der Waals surface area contributed by atoms with Crippen LogP contribution in [0.2, 0.25) is 0 Å². The first kappa shape index (κ1) is 17.7. The van der Waals surface area contributed by atoms with Gasteiger partial charge in [0.25, 0.3) is 5.91 Å². The third-order valence-electron chi connectivity index (χ3n) is 3.52. The highest BCUT2D eigenvalue weighted by atomic mass is 31.2. The first-order chi connectivity index (χ1) is 11.8. The Labute approximate surface area is 140 Å². The molecule has 3 rings (SSSR count). The van der Waals surface area contributed by atoms with E-state index in [-0.39, 0.29) is 5.82 Å². The average molecular weight is 374 g/mol. The van der Waals surface area contributed by atoms with E-state index in [0.717, 1.165) is 21.7 Å². The summed E-state index contributed by atoms with van der Waals surface area (Å²) in [6.07, 6.45) is -0.395. The van der Waals surface area contributed by atoms with E-state index in [1.165, 1.54) is 12.4 Å². The van der Waals surface area contributed by atoms with Crippen molar-refractivity contribution in [1.82, 2.24) is 24.1 Å². The van der Waals surface area contributed by atoms with Crippen LogP contribution in [0.25, 0.3) is 0 Å². The minimum Gasteiger partial charge on any atom is -0.387 e.